The Hall–Kier alpha value is -5.94. The van der Waals surface area contributed by atoms with Gasteiger partial charge in [0.25, 0.3) is 0 Å². The molecule has 0 unspecified atom stereocenters. The van der Waals surface area contributed by atoms with Gasteiger partial charge in [0.05, 0.1) is 22.9 Å². The first-order chi connectivity index (χ1) is 24.8. The maximum atomic E-state index is 5.28. The molecule has 0 bridgehead atoms. The van der Waals surface area contributed by atoms with Crippen LogP contribution in [0.3, 0.4) is 0 Å². The first-order valence-electron chi connectivity index (χ1n) is 16.8. The minimum atomic E-state index is 0.877. The molecule has 3 aromatic heterocycles. The van der Waals surface area contributed by atoms with Crippen molar-refractivity contribution in [2.45, 2.75) is 0 Å². The SMILES string of the molecule is c1cc(-c2cnc3c4ccccc4c4ccccc4c3n2)cc(-c2cccc3c2sc2c(-c4cccc5c4sc4ccccc45)cccc23)c1. The van der Waals surface area contributed by atoms with Crippen LogP contribution < -0.4 is 0 Å². The summed E-state index contributed by atoms with van der Waals surface area (Å²) >= 11 is 3.80. The molecule has 8 aromatic carbocycles. The summed E-state index contributed by atoms with van der Waals surface area (Å²) in [5.41, 5.74) is 8.84. The Morgan fingerprint density at radius 2 is 0.860 bits per heavy atom. The maximum absolute atomic E-state index is 5.28. The van der Waals surface area contributed by atoms with Crippen LogP contribution in [0, 0.1) is 0 Å². The molecule has 11 aromatic rings. The van der Waals surface area contributed by atoms with Crippen LogP contribution in [-0.2, 0) is 0 Å². The van der Waals surface area contributed by atoms with Crippen molar-refractivity contribution in [3.05, 3.63) is 158 Å². The summed E-state index contributed by atoms with van der Waals surface area (Å²) < 4.78 is 5.32. The van der Waals surface area contributed by atoms with Gasteiger partial charge in [-0.2, -0.15) is 0 Å². The third-order valence-corrected chi connectivity index (χ3v) is 12.6. The monoisotopic (exact) mass is 670 g/mol. The molecule has 4 heteroatoms. The molecular weight excluding hydrogens is 645 g/mol. The van der Waals surface area contributed by atoms with E-state index in [1.807, 2.05) is 28.9 Å². The Morgan fingerprint density at radius 1 is 0.360 bits per heavy atom. The van der Waals surface area contributed by atoms with E-state index in [1.165, 1.54) is 73.4 Å². The van der Waals surface area contributed by atoms with Crippen molar-refractivity contribution in [1.82, 2.24) is 9.97 Å². The molecule has 0 radical (unpaired) electrons. The predicted octanol–water partition coefficient (Wildman–Crippen LogP) is 13.7. The molecule has 0 saturated heterocycles. The molecule has 0 saturated carbocycles. The minimum absolute atomic E-state index is 0.877. The van der Waals surface area contributed by atoms with Gasteiger partial charge in [-0.25, -0.2) is 4.98 Å². The first-order valence-corrected chi connectivity index (χ1v) is 18.5. The quantitative estimate of drug-likeness (QED) is 0.175. The van der Waals surface area contributed by atoms with Gasteiger partial charge in [-0.05, 0) is 34.0 Å². The summed E-state index contributed by atoms with van der Waals surface area (Å²) in [6.07, 6.45) is 1.93. The molecule has 50 heavy (non-hydrogen) atoms. The second kappa shape index (κ2) is 10.8. The highest BCUT2D eigenvalue weighted by molar-refractivity contribution is 7.27. The van der Waals surface area contributed by atoms with Crippen molar-refractivity contribution in [2.75, 3.05) is 0 Å². The van der Waals surface area contributed by atoms with Crippen LogP contribution >= 0.6 is 22.7 Å². The van der Waals surface area contributed by atoms with E-state index in [4.69, 9.17) is 9.97 Å². The van der Waals surface area contributed by atoms with Crippen molar-refractivity contribution in [2.24, 2.45) is 0 Å². The summed E-state index contributed by atoms with van der Waals surface area (Å²) in [6, 6.07) is 54.9. The van der Waals surface area contributed by atoms with Crippen LogP contribution in [0.4, 0.5) is 0 Å². The summed E-state index contributed by atoms with van der Waals surface area (Å²) in [4.78, 5) is 10.3. The molecule has 232 valence electrons. The number of hydrogen-bond donors (Lipinski definition) is 0. The van der Waals surface area contributed by atoms with Crippen molar-refractivity contribution in [3.63, 3.8) is 0 Å². The van der Waals surface area contributed by atoms with Crippen LogP contribution in [0.1, 0.15) is 0 Å². The summed E-state index contributed by atoms with van der Waals surface area (Å²) in [5.74, 6) is 0. The van der Waals surface area contributed by atoms with Gasteiger partial charge in [-0.1, -0.05) is 140 Å². The zero-order valence-electron chi connectivity index (χ0n) is 26.7. The number of nitrogens with zero attached hydrogens (tertiary/aromatic N) is 2. The minimum Gasteiger partial charge on any atom is -0.252 e. The molecule has 0 aliphatic carbocycles. The summed E-state index contributed by atoms with van der Waals surface area (Å²) in [7, 11) is 0. The van der Waals surface area contributed by atoms with E-state index in [0.29, 0.717) is 0 Å². The third kappa shape index (κ3) is 4.07. The van der Waals surface area contributed by atoms with E-state index in [2.05, 4.69) is 152 Å². The van der Waals surface area contributed by atoms with E-state index in [9.17, 15) is 0 Å². The van der Waals surface area contributed by atoms with Gasteiger partial charge in [-0.15, -0.1) is 22.7 Å². The number of thiophene rings is 2. The van der Waals surface area contributed by atoms with Gasteiger partial charge < -0.3 is 0 Å². The molecule has 3 heterocycles. The Morgan fingerprint density at radius 3 is 1.58 bits per heavy atom. The van der Waals surface area contributed by atoms with Crippen LogP contribution in [-0.4, -0.2) is 9.97 Å². The van der Waals surface area contributed by atoms with Gasteiger partial charge in [0, 0.05) is 67.8 Å². The van der Waals surface area contributed by atoms with Gasteiger partial charge in [-0.3, -0.25) is 4.98 Å². The maximum Gasteiger partial charge on any atom is 0.0979 e. The van der Waals surface area contributed by atoms with Gasteiger partial charge in [0.1, 0.15) is 0 Å². The zero-order valence-corrected chi connectivity index (χ0v) is 28.4. The number of hydrogen-bond acceptors (Lipinski definition) is 4. The van der Waals surface area contributed by atoms with E-state index in [0.717, 1.165) is 33.1 Å². The normalized spacial score (nSPS) is 12.0. The van der Waals surface area contributed by atoms with Gasteiger partial charge >= 0.3 is 0 Å². The van der Waals surface area contributed by atoms with Gasteiger partial charge in [0.15, 0.2) is 0 Å². The average Bonchev–Trinajstić information content (AvgIpc) is 3.77. The number of benzene rings is 8. The summed E-state index contributed by atoms with van der Waals surface area (Å²) in [6.45, 7) is 0. The Bertz CT molecular complexity index is 3130. The Balaban J connectivity index is 1.08. The Labute approximate surface area is 295 Å². The molecular formula is C46H26N2S2. The predicted molar refractivity (Wildman–Crippen MR) is 217 cm³/mol. The lowest BCUT2D eigenvalue weighted by molar-refractivity contribution is 1.31. The van der Waals surface area contributed by atoms with Crippen molar-refractivity contribution < 1.29 is 0 Å². The van der Waals surface area contributed by atoms with E-state index in [-0.39, 0.29) is 0 Å². The lowest BCUT2D eigenvalue weighted by atomic mass is 9.98. The standard InChI is InChI=1S/C46H26N2S2/c1-3-16-33-30(13-1)31-14-2-4-17-34(31)43-42(33)47-26-40(48-43)28-12-7-11-27(25-28)29-18-8-20-36-38-22-10-23-39(46(38)50-44(29)36)37-21-9-19-35-32-15-5-6-24-41(32)49-45(35)37/h1-26H. The van der Waals surface area contributed by atoms with Crippen LogP contribution in [0.25, 0.3) is 106 Å². The molecule has 0 N–H and O–H groups in total. The molecule has 0 amide bonds. The lowest BCUT2D eigenvalue weighted by Gasteiger charge is -2.11. The highest BCUT2D eigenvalue weighted by Crippen LogP contribution is 2.47. The zero-order chi connectivity index (χ0) is 32.8. The first kappa shape index (κ1) is 28.0. The summed E-state index contributed by atoms with van der Waals surface area (Å²) in [5, 5.41) is 9.93. The van der Waals surface area contributed by atoms with E-state index < -0.39 is 0 Å². The highest BCUT2D eigenvalue weighted by atomic mass is 32.1. The fourth-order valence-corrected chi connectivity index (χ4v) is 10.4. The van der Waals surface area contributed by atoms with Crippen LogP contribution in [0.2, 0.25) is 0 Å². The Kier molecular flexibility index (Phi) is 6.03. The number of aromatic nitrogens is 2. The fraction of sp³-hybridized carbons (Fsp3) is 0. The molecule has 0 fully saturated rings. The molecule has 2 nitrogen and oxygen atoms in total. The molecule has 0 atom stereocenters. The van der Waals surface area contributed by atoms with Crippen molar-refractivity contribution in [1.29, 1.82) is 0 Å². The molecule has 0 spiro atoms. The number of rotatable bonds is 3. The molecule has 0 aliphatic heterocycles. The highest BCUT2D eigenvalue weighted by Gasteiger charge is 2.18. The second-order valence-corrected chi connectivity index (χ2v) is 14.9. The van der Waals surface area contributed by atoms with Gasteiger partial charge in [0.2, 0.25) is 0 Å². The van der Waals surface area contributed by atoms with Crippen molar-refractivity contribution >= 4 is 95.6 Å². The second-order valence-electron chi connectivity index (χ2n) is 12.9. The smallest absolute Gasteiger partial charge is 0.0979 e. The van der Waals surface area contributed by atoms with Crippen LogP contribution in [0.5, 0.6) is 0 Å². The average molecular weight is 671 g/mol. The largest absolute Gasteiger partial charge is 0.252 e. The van der Waals surface area contributed by atoms with E-state index >= 15 is 0 Å². The fourth-order valence-electron chi connectivity index (χ4n) is 7.83. The lowest BCUT2D eigenvalue weighted by Crippen LogP contribution is -1.92. The molecule has 0 aliphatic rings. The molecule has 11 rings (SSSR count). The topological polar surface area (TPSA) is 25.8 Å². The van der Waals surface area contributed by atoms with Crippen LogP contribution in [0.15, 0.2) is 158 Å². The number of fused-ring (bicyclic) bond motifs is 12. The van der Waals surface area contributed by atoms with Crippen molar-refractivity contribution in [3.8, 4) is 33.5 Å². The van der Waals surface area contributed by atoms with E-state index in [1.54, 1.807) is 0 Å². The third-order valence-electron chi connectivity index (χ3n) is 10.1.